The van der Waals surface area contributed by atoms with Gasteiger partial charge in [0.2, 0.25) is 12.0 Å². The fraction of sp³-hybridized carbons (Fsp3) is 0.429. The number of halogens is 1. The maximum atomic E-state index is 10.9. The number of hydrogen-bond donors (Lipinski definition) is 1. The molecule has 20 heavy (non-hydrogen) atoms. The second-order valence-corrected chi connectivity index (χ2v) is 4.73. The van der Waals surface area contributed by atoms with Crippen molar-refractivity contribution in [1.29, 1.82) is 0 Å². The molecule has 0 aliphatic heterocycles. The number of rotatable bonds is 9. The maximum Gasteiger partial charge on any atom is 0.243 e. The summed E-state index contributed by atoms with van der Waals surface area (Å²) in [6.07, 6.45) is 4.30. The highest BCUT2D eigenvalue weighted by Crippen LogP contribution is 2.16. The number of nitrogens with two attached hydrogens (primary N) is 1. The van der Waals surface area contributed by atoms with E-state index in [2.05, 4.69) is 4.99 Å². The van der Waals surface area contributed by atoms with E-state index >= 15 is 0 Å². The predicted octanol–water partition coefficient (Wildman–Crippen LogP) is 2.47. The average Bonchev–Trinajstić information content (AvgIpc) is 2.43. The standard InChI is InChI=1S/C14H17ClN2O3/c15-11-5-7-12(8-6-11)20-9-3-1-2-4-13(14(16)19)17-10-18/h5-8,13H,1-4,9H2,(H2,16,19). The lowest BCUT2D eigenvalue weighted by atomic mass is 10.1. The first-order valence-electron chi connectivity index (χ1n) is 6.38. The summed E-state index contributed by atoms with van der Waals surface area (Å²) in [5.41, 5.74) is 5.10. The van der Waals surface area contributed by atoms with Gasteiger partial charge in [0.15, 0.2) is 0 Å². The summed E-state index contributed by atoms with van der Waals surface area (Å²) in [6, 6.07) is 6.40. The lowest BCUT2D eigenvalue weighted by molar-refractivity contribution is -0.119. The van der Waals surface area contributed by atoms with Crippen molar-refractivity contribution in [2.45, 2.75) is 31.7 Å². The van der Waals surface area contributed by atoms with E-state index in [-0.39, 0.29) is 0 Å². The molecule has 5 nitrogen and oxygen atoms in total. The normalized spacial score (nSPS) is 11.4. The Morgan fingerprint density at radius 2 is 2.00 bits per heavy atom. The van der Waals surface area contributed by atoms with E-state index < -0.39 is 11.9 Å². The van der Waals surface area contributed by atoms with Gasteiger partial charge in [0.25, 0.3) is 0 Å². The Morgan fingerprint density at radius 1 is 1.30 bits per heavy atom. The number of benzene rings is 1. The van der Waals surface area contributed by atoms with E-state index in [1.807, 2.05) is 12.1 Å². The third-order valence-electron chi connectivity index (χ3n) is 2.74. The molecule has 6 heteroatoms. The zero-order valence-electron chi connectivity index (χ0n) is 11.0. The summed E-state index contributed by atoms with van der Waals surface area (Å²) in [6.45, 7) is 0.583. The molecule has 0 spiro atoms. The molecule has 0 saturated heterocycles. The van der Waals surface area contributed by atoms with Crippen LogP contribution in [0.1, 0.15) is 25.7 Å². The minimum atomic E-state index is -0.760. The Balaban J connectivity index is 2.14. The molecule has 1 aromatic rings. The first kappa shape index (κ1) is 16.2. The second kappa shape index (κ2) is 9.13. The molecule has 1 rings (SSSR count). The monoisotopic (exact) mass is 296 g/mol. The van der Waals surface area contributed by atoms with Crippen molar-refractivity contribution in [3.8, 4) is 5.75 Å². The molecule has 1 unspecified atom stereocenters. The Bertz CT molecular complexity index is 468. The van der Waals surface area contributed by atoms with Crippen LogP contribution in [-0.2, 0) is 9.59 Å². The van der Waals surface area contributed by atoms with Crippen molar-refractivity contribution in [2.24, 2.45) is 10.7 Å². The minimum Gasteiger partial charge on any atom is -0.494 e. The fourth-order valence-corrected chi connectivity index (χ4v) is 1.80. The summed E-state index contributed by atoms with van der Waals surface area (Å²) >= 11 is 5.77. The van der Waals surface area contributed by atoms with E-state index in [1.54, 1.807) is 12.1 Å². The first-order chi connectivity index (χ1) is 9.63. The highest BCUT2D eigenvalue weighted by molar-refractivity contribution is 6.30. The number of isocyanates is 1. The Morgan fingerprint density at radius 3 is 2.60 bits per heavy atom. The van der Waals surface area contributed by atoms with Crippen molar-refractivity contribution >= 4 is 23.6 Å². The van der Waals surface area contributed by atoms with Gasteiger partial charge in [-0.25, -0.2) is 4.79 Å². The molecule has 1 aromatic carbocycles. The molecule has 0 aliphatic carbocycles. The topological polar surface area (TPSA) is 81.8 Å². The quantitative estimate of drug-likeness (QED) is 0.432. The molecule has 0 fully saturated rings. The molecule has 0 heterocycles. The average molecular weight is 297 g/mol. The summed E-state index contributed by atoms with van der Waals surface area (Å²) in [4.78, 5) is 24.4. The Labute approximate surface area is 122 Å². The molecule has 1 amide bonds. The minimum absolute atomic E-state index is 0.464. The Hall–Kier alpha value is -1.84. The van der Waals surface area contributed by atoms with Gasteiger partial charge in [0, 0.05) is 5.02 Å². The van der Waals surface area contributed by atoms with Crippen LogP contribution in [0.2, 0.25) is 5.02 Å². The number of unbranched alkanes of at least 4 members (excludes halogenated alkanes) is 2. The van der Waals surface area contributed by atoms with Gasteiger partial charge in [0.05, 0.1) is 6.61 Å². The number of hydrogen-bond acceptors (Lipinski definition) is 4. The lowest BCUT2D eigenvalue weighted by Gasteiger charge is -2.07. The van der Waals surface area contributed by atoms with E-state index in [4.69, 9.17) is 22.1 Å². The van der Waals surface area contributed by atoms with Crippen LogP contribution in [0.4, 0.5) is 0 Å². The van der Waals surface area contributed by atoms with Crippen molar-refractivity contribution in [2.75, 3.05) is 6.61 Å². The number of amides is 1. The summed E-state index contributed by atoms with van der Waals surface area (Å²) in [5.74, 6) is 0.181. The highest BCUT2D eigenvalue weighted by Gasteiger charge is 2.12. The van der Waals surface area contributed by atoms with Crippen molar-refractivity contribution in [1.82, 2.24) is 0 Å². The molecule has 1 atom stereocenters. The predicted molar refractivity (Wildman–Crippen MR) is 76.5 cm³/mol. The summed E-state index contributed by atoms with van der Waals surface area (Å²) in [5, 5.41) is 0.672. The van der Waals surface area contributed by atoms with E-state index in [1.165, 1.54) is 6.08 Å². The first-order valence-corrected chi connectivity index (χ1v) is 6.76. The van der Waals surface area contributed by atoms with Crippen LogP contribution in [-0.4, -0.2) is 24.6 Å². The largest absolute Gasteiger partial charge is 0.494 e. The SMILES string of the molecule is NC(=O)C(CCCCCOc1ccc(Cl)cc1)N=C=O. The molecule has 2 N–H and O–H groups in total. The smallest absolute Gasteiger partial charge is 0.243 e. The molecule has 0 radical (unpaired) electrons. The van der Waals surface area contributed by atoms with Crippen molar-refractivity contribution in [3.05, 3.63) is 29.3 Å². The second-order valence-electron chi connectivity index (χ2n) is 4.29. The van der Waals surface area contributed by atoms with Crippen LogP contribution in [0.3, 0.4) is 0 Å². The van der Waals surface area contributed by atoms with Gasteiger partial charge in [-0.15, -0.1) is 0 Å². The van der Waals surface area contributed by atoms with Crippen LogP contribution in [0.5, 0.6) is 5.75 Å². The molecule has 0 aromatic heterocycles. The fourth-order valence-electron chi connectivity index (χ4n) is 1.67. The van der Waals surface area contributed by atoms with Gasteiger partial charge in [-0.05, 0) is 43.5 Å². The van der Waals surface area contributed by atoms with Crippen LogP contribution < -0.4 is 10.5 Å². The number of carbonyl (C=O) groups is 1. The van der Waals surface area contributed by atoms with Gasteiger partial charge in [-0.2, -0.15) is 4.99 Å². The summed E-state index contributed by atoms with van der Waals surface area (Å²) in [7, 11) is 0. The zero-order valence-corrected chi connectivity index (χ0v) is 11.8. The van der Waals surface area contributed by atoms with Crippen LogP contribution in [0.15, 0.2) is 29.3 Å². The van der Waals surface area contributed by atoms with Gasteiger partial charge in [-0.1, -0.05) is 18.0 Å². The number of nitrogens with zero attached hydrogens (tertiary/aromatic N) is 1. The van der Waals surface area contributed by atoms with Gasteiger partial charge in [0.1, 0.15) is 11.8 Å². The van der Waals surface area contributed by atoms with Crippen LogP contribution in [0, 0.1) is 0 Å². The van der Waals surface area contributed by atoms with E-state index in [9.17, 15) is 9.59 Å². The van der Waals surface area contributed by atoms with Gasteiger partial charge < -0.3 is 10.5 Å². The van der Waals surface area contributed by atoms with Crippen molar-refractivity contribution in [3.63, 3.8) is 0 Å². The number of primary amides is 1. The van der Waals surface area contributed by atoms with E-state index in [0.29, 0.717) is 18.1 Å². The molecule has 0 bridgehead atoms. The third-order valence-corrected chi connectivity index (χ3v) is 2.99. The van der Waals surface area contributed by atoms with Crippen molar-refractivity contribution < 1.29 is 14.3 Å². The highest BCUT2D eigenvalue weighted by atomic mass is 35.5. The van der Waals surface area contributed by atoms with Crippen LogP contribution >= 0.6 is 11.6 Å². The molecule has 108 valence electrons. The van der Waals surface area contributed by atoms with Gasteiger partial charge >= 0.3 is 0 Å². The van der Waals surface area contributed by atoms with Gasteiger partial charge in [-0.3, -0.25) is 4.79 Å². The van der Waals surface area contributed by atoms with E-state index in [0.717, 1.165) is 25.0 Å². The lowest BCUT2D eigenvalue weighted by Crippen LogP contribution is -2.26. The number of aliphatic imine (C=N–C) groups is 1. The zero-order chi connectivity index (χ0) is 14.8. The molecule has 0 aliphatic rings. The molecular formula is C14H17ClN2O3. The third kappa shape index (κ3) is 6.36. The number of ether oxygens (including phenoxy) is 1. The molecular weight excluding hydrogens is 280 g/mol. The molecule has 0 saturated carbocycles. The number of carbonyl (C=O) groups excluding carboxylic acids is 2. The Kier molecular flexibility index (Phi) is 7.40. The van der Waals surface area contributed by atoms with Crippen LogP contribution in [0.25, 0.3) is 0 Å². The summed E-state index contributed by atoms with van der Waals surface area (Å²) < 4.78 is 5.53. The maximum absolute atomic E-state index is 10.9.